The maximum absolute atomic E-state index is 6.18. The number of fused-ring (bicyclic) bond motifs is 1. The molecule has 1 N–H and O–H groups in total. The fourth-order valence-corrected chi connectivity index (χ4v) is 2.42. The lowest BCUT2D eigenvalue weighted by atomic mass is 10.1. The van der Waals surface area contributed by atoms with Crippen LogP contribution in [0.25, 0.3) is 10.9 Å². The highest BCUT2D eigenvalue weighted by Crippen LogP contribution is 2.28. The van der Waals surface area contributed by atoms with E-state index in [0.29, 0.717) is 0 Å². The van der Waals surface area contributed by atoms with Crippen molar-refractivity contribution in [3.63, 3.8) is 0 Å². The number of aryl methyl sites for hydroxylation is 2. The second kappa shape index (κ2) is 6.33. The molecular formula is C17H16Cl2N2. The number of hydrogen-bond donors (Lipinski definition) is 1. The molecule has 3 aromatic rings. The van der Waals surface area contributed by atoms with Crippen molar-refractivity contribution in [3.05, 3.63) is 64.8 Å². The predicted molar refractivity (Wildman–Crippen MR) is 93.2 cm³/mol. The number of nitrogens with zero attached hydrogens (tertiary/aromatic N) is 1. The van der Waals surface area contributed by atoms with Crippen molar-refractivity contribution in [2.45, 2.75) is 13.8 Å². The Labute approximate surface area is 135 Å². The minimum Gasteiger partial charge on any atom is -0.355 e. The van der Waals surface area contributed by atoms with E-state index in [-0.39, 0.29) is 12.4 Å². The molecule has 0 radical (unpaired) electrons. The summed E-state index contributed by atoms with van der Waals surface area (Å²) in [6, 6.07) is 16.2. The molecule has 2 nitrogen and oxygen atoms in total. The summed E-state index contributed by atoms with van der Waals surface area (Å²) in [5, 5.41) is 5.31. The Morgan fingerprint density at radius 3 is 2.52 bits per heavy atom. The van der Waals surface area contributed by atoms with Gasteiger partial charge in [-0.05, 0) is 43.7 Å². The van der Waals surface area contributed by atoms with E-state index in [2.05, 4.69) is 22.4 Å². The lowest BCUT2D eigenvalue weighted by Gasteiger charge is -2.11. The van der Waals surface area contributed by atoms with Crippen LogP contribution < -0.4 is 5.32 Å². The van der Waals surface area contributed by atoms with Crippen molar-refractivity contribution in [2.75, 3.05) is 5.32 Å². The molecule has 0 spiro atoms. The summed E-state index contributed by atoms with van der Waals surface area (Å²) < 4.78 is 0. The van der Waals surface area contributed by atoms with Crippen LogP contribution in [0.1, 0.15) is 11.3 Å². The summed E-state index contributed by atoms with van der Waals surface area (Å²) >= 11 is 6.18. The lowest BCUT2D eigenvalue weighted by Crippen LogP contribution is -1.95. The SMILES string of the molecule is Cc1cc(Nc2ccc(C)c(Cl)c2)c2ccccc2n1.Cl. The Morgan fingerprint density at radius 2 is 1.76 bits per heavy atom. The van der Waals surface area contributed by atoms with Gasteiger partial charge >= 0.3 is 0 Å². The molecule has 1 aromatic heterocycles. The van der Waals surface area contributed by atoms with Crippen molar-refractivity contribution in [3.8, 4) is 0 Å². The van der Waals surface area contributed by atoms with E-state index in [1.807, 2.05) is 50.2 Å². The summed E-state index contributed by atoms with van der Waals surface area (Å²) in [5.41, 5.74) is 5.09. The normalized spacial score (nSPS) is 10.2. The van der Waals surface area contributed by atoms with E-state index >= 15 is 0 Å². The molecule has 1 heterocycles. The standard InChI is InChI=1S/C17H15ClN2.ClH/c1-11-7-8-13(10-15(11)18)20-17-9-12(2)19-16-6-4-3-5-14(16)17;/h3-10H,1-2H3,(H,19,20);1H. The van der Waals surface area contributed by atoms with Gasteiger partial charge < -0.3 is 5.32 Å². The van der Waals surface area contributed by atoms with E-state index in [1.54, 1.807) is 0 Å². The fourth-order valence-electron chi connectivity index (χ4n) is 2.24. The van der Waals surface area contributed by atoms with Crippen molar-refractivity contribution >= 4 is 46.3 Å². The third kappa shape index (κ3) is 3.29. The van der Waals surface area contributed by atoms with Gasteiger partial charge in [0, 0.05) is 27.5 Å². The average Bonchev–Trinajstić information content (AvgIpc) is 2.43. The van der Waals surface area contributed by atoms with Crippen molar-refractivity contribution in [2.24, 2.45) is 0 Å². The highest BCUT2D eigenvalue weighted by Gasteiger charge is 2.05. The third-order valence-electron chi connectivity index (χ3n) is 3.30. The van der Waals surface area contributed by atoms with E-state index in [1.165, 1.54) is 0 Å². The maximum Gasteiger partial charge on any atom is 0.0726 e. The molecule has 0 aliphatic heterocycles. The van der Waals surface area contributed by atoms with E-state index < -0.39 is 0 Å². The Bertz CT molecular complexity index is 785. The molecule has 0 aliphatic carbocycles. The van der Waals surface area contributed by atoms with Gasteiger partial charge in [-0.25, -0.2) is 0 Å². The first kappa shape index (κ1) is 15.6. The number of anilines is 2. The third-order valence-corrected chi connectivity index (χ3v) is 3.70. The monoisotopic (exact) mass is 318 g/mol. The number of nitrogens with one attached hydrogen (secondary N) is 1. The zero-order chi connectivity index (χ0) is 14.1. The minimum atomic E-state index is 0. The first-order chi connectivity index (χ1) is 9.63. The molecule has 108 valence electrons. The van der Waals surface area contributed by atoms with Crippen LogP contribution in [0.4, 0.5) is 11.4 Å². The number of para-hydroxylation sites is 1. The number of pyridine rings is 1. The second-order valence-electron chi connectivity index (χ2n) is 4.92. The number of rotatable bonds is 2. The van der Waals surface area contributed by atoms with Crippen LogP contribution in [0.2, 0.25) is 5.02 Å². The van der Waals surface area contributed by atoms with Gasteiger partial charge in [0.1, 0.15) is 0 Å². The summed E-state index contributed by atoms with van der Waals surface area (Å²) in [6.45, 7) is 4.00. The van der Waals surface area contributed by atoms with Gasteiger partial charge in [-0.15, -0.1) is 12.4 Å². The van der Waals surface area contributed by atoms with Crippen molar-refractivity contribution in [1.29, 1.82) is 0 Å². The number of halogens is 2. The molecule has 0 saturated heterocycles. The van der Waals surface area contributed by atoms with Crippen molar-refractivity contribution in [1.82, 2.24) is 4.98 Å². The minimum absolute atomic E-state index is 0. The molecule has 0 fully saturated rings. The van der Waals surface area contributed by atoms with Gasteiger partial charge in [-0.2, -0.15) is 0 Å². The zero-order valence-electron chi connectivity index (χ0n) is 11.9. The first-order valence-electron chi connectivity index (χ1n) is 6.53. The zero-order valence-corrected chi connectivity index (χ0v) is 13.4. The van der Waals surface area contributed by atoms with Gasteiger partial charge in [0.2, 0.25) is 0 Å². The van der Waals surface area contributed by atoms with Crippen LogP contribution in [0, 0.1) is 13.8 Å². The van der Waals surface area contributed by atoms with Gasteiger partial charge in [-0.1, -0.05) is 35.9 Å². The topological polar surface area (TPSA) is 24.9 Å². The Hall–Kier alpha value is -1.77. The Balaban J connectivity index is 0.00000161. The van der Waals surface area contributed by atoms with E-state index in [0.717, 1.165) is 38.6 Å². The van der Waals surface area contributed by atoms with Gasteiger partial charge in [0.05, 0.1) is 5.52 Å². The Kier molecular flexibility index (Phi) is 4.71. The Morgan fingerprint density at radius 1 is 1.00 bits per heavy atom. The second-order valence-corrected chi connectivity index (χ2v) is 5.32. The average molecular weight is 319 g/mol. The van der Waals surface area contributed by atoms with Crippen LogP contribution in [0.3, 0.4) is 0 Å². The molecular weight excluding hydrogens is 303 g/mol. The van der Waals surface area contributed by atoms with Crippen molar-refractivity contribution < 1.29 is 0 Å². The quantitative estimate of drug-likeness (QED) is 0.658. The molecule has 0 saturated carbocycles. The molecule has 0 atom stereocenters. The molecule has 0 aliphatic rings. The smallest absolute Gasteiger partial charge is 0.0726 e. The van der Waals surface area contributed by atoms with Crippen LogP contribution in [-0.4, -0.2) is 4.98 Å². The molecule has 0 unspecified atom stereocenters. The maximum atomic E-state index is 6.18. The van der Waals surface area contributed by atoms with Gasteiger partial charge in [0.15, 0.2) is 0 Å². The summed E-state index contributed by atoms with van der Waals surface area (Å²) in [7, 11) is 0. The van der Waals surface area contributed by atoms with Crippen LogP contribution in [0.5, 0.6) is 0 Å². The number of benzene rings is 2. The predicted octanol–water partition coefficient (Wildman–Crippen LogP) is 5.67. The van der Waals surface area contributed by atoms with Crippen LogP contribution >= 0.6 is 24.0 Å². The van der Waals surface area contributed by atoms with E-state index in [9.17, 15) is 0 Å². The first-order valence-corrected chi connectivity index (χ1v) is 6.91. The fraction of sp³-hybridized carbons (Fsp3) is 0.118. The highest BCUT2D eigenvalue weighted by molar-refractivity contribution is 6.31. The summed E-state index contributed by atoms with van der Waals surface area (Å²) in [5.74, 6) is 0. The van der Waals surface area contributed by atoms with E-state index in [4.69, 9.17) is 11.6 Å². The molecule has 0 amide bonds. The highest BCUT2D eigenvalue weighted by atomic mass is 35.5. The summed E-state index contributed by atoms with van der Waals surface area (Å²) in [4.78, 5) is 4.54. The number of aromatic nitrogens is 1. The van der Waals surface area contributed by atoms with Crippen LogP contribution in [0.15, 0.2) is 48.5 Å². The molecule has 21 heavy (non-hydrogen) atoms. The van der Waals surface area contributed by atoms with Gasteiger partial charge in [0.25, 0.3) is 0 Å². The van der Waals surface area contributed by atoms with Gasteiger partial charge in [-0.3, -0.25) is 4.98 Å². The lowest BCUT2D eigenvalue weighted by molar-refractivity contribution is 1.25. The molecule has 3 rings (SSSR count). The molecule has 0 bridgehead atoms. The largest absolute Gasteiger partial charge is 0.355 e. The summed E-state index contributed by atoms with van der Waals surface area (Å²) in [6.07, 6.45) is 0. The number of hydrogen-bond acceptors (Lipinski definition) is 2. The molecule has 4 heteroatoms. The van der Waals surface area contributed by atoms with Crippen LogP contribution in [-0.2, 0) is 0 Å². The molecule has 2 aromatic carbocycles.